The first-order valence-corrected chi connectivity index (χ1v) is 14.0. The topological polar surface area (TPSA) is 49.4 Å². The Morgan fingerprint density at radius 3 is 1.90 bits per heavy atom. The highest BCUT2D eigenvalue weighted by atomic mass is 19.1. The van der Waals surface area contributed by atoms with Crippen molar-refractivity contribution in [1.29, 1.82) is 0 Å². The number of amides is 2. The Bertz CT molecular complexity index is 1310. The number of hydrogen-bond acceptors (Lipinski definition) is 2. The van der Waals surface area contributed by atoms with E-state index in [1.165, 1.54) is 6.07 Å². The lowest BCUT2D eigenvalue weighted by molar-refractivity contribution is -0.141. The van der Waals surface area contributed by atoms with Crippen LogP contribution in [-0.4, -0.2) is 29.3 Å². The van der Waals surface area contributed by atoms with Gasteiger partial charge in [0.25, 0.3) is 0 Å². The van der Waals surface area contributed by atoms with Gasteiger partial charge < -0.3 is 10.2 Å². The summed E-state index contributed by atoms with van der Waals surface area (Å²) >= 11 is 0. The highest BCUT2D eigenvalue weighted by molar-refractivity contribution is 5.88. The zero-order valence-corrected chi connectivity index (χ0v) is 23.0. The number of carbonyl (C=O) groups excluding carboxylic acids is 2. The van der Waals surface area contributed by atoms with Gasteiger partial charge >= 0.3 is 0 Å². The Morgan fingerprint density at radius 2 is 1.32 bits per heavy atom. The molecule has 5 heteroatoms. The van der Waals surface area contributed by atoms with Gasteiger partial charge in [0.2, 0.25) is 11.8 Å². The fourth-order valence-electron chi connectivity index (χ4n) is 4.96. The molecule has 4 aromatic rings. The lowest BCUT2D eigenvalue weighted by Crippen LogP contribution is -2.51. The van der Waals surface area contributed by atoms with Crippen LogP contribution in [-0.2, 0) is 22.6 Å². The molecule has 2 amide bonds. The predicted molar refractivity (Wildman–Crippen MR) is 158 cm³/mol. The van der Waals surface area contributed by atoms with Crippen LogP contribution in [0.25, 0.3) is 0 Å². The van der Waals surface area contributed by atoms with Crippen LogP contribution in [0.4, 0.5) is 4.39 Å². The number of nitrogens with zero attached hydrogens (tertiary/aromatic N) is 1. The van der Waals surface area contributed by atoms with Crippen molar-refractivity contribution < 1.29 is 14.0 Å². The first kappa shape index (κ1) is 28.8. The Kier molecular flexibility index (Phi) is 10.6. The van der Waals surface area contributed by atoms with Crippen LogP contribution in [0, 0.1) is 5.82 Å². The van der Waals surface area contributed by atoms with Crippen LogP contribution in [0.1, 0.15) is 54.4 Å². The molecular weight excluding hydrogens is 499 g/mol. The molecule has 1 unspecified atom stereocenters. The summed E-state index contributed by atoms with van der Waals surface area (Å²) < 4.78 is 14.9. The van der Waals surface area contributed by atoms with Gasteiger partial charge in [0.05, 0.1) is 0 Å². The van der Waals surface area contributed by atoms with Gasteiger partial charge in [-0.25, -0.2) is 4.39 Å². The molecule has 1 atom stereocenters. The number of hydrogen-bond donors (Lipinski definition) is 1. The average Bonchev–Trinajstić information content (AvgIpc) is 3.00. The van der Waals surface area contributed by atoms with E-state index in [4.69, 9.17) is 0 Å². The summed E-state index contributed by atoms with van der Waals surface area (Å²) in [5.41, 5.74) is 3.35. The largest absolute Gasteiger partial charge is 0.354 e. The summed E-state index contributed by atoms with van der Waals surface area (Å²) in [6.45, 7) is 2.59. The number of carbonyl (C=O) groups is 2. The van der Waals surface area contributed by atoms with Crippen molar-refractivity contribution in [3.63, 3.8) is 0 Å². The third kappa shape index (κ3) is 7.89. The molecule has 4 rings (SSSR count). The summed E-state index contributed by atoms with van der Waals surface area (Å²) in [5, 5.41) is 3.03. The van der Waals surface area contributed by atoms with Gasteiger partial charge in [0.15, 0.2) is 0 Å². The normalized spacial score (nSPS) is 11.7. The summed E-state index contributed by atoms with van der Waals surface area (Å²) in [7, 11) is 0. The number of nitrogens with one attached hydrogen (secondary N) is 1. The molecule has 0 saturated carbocycles. The molecule has 0 aromatic heterocycles. The van der Waals surface area contributed by atoms with Crippen molar-refractivity contribution in [2.75, 3.05) is 6.54 Å². The number of unbranched alkanes of at least 4 members (excludes halogenated alkanes) is 1. The average molecular weight is 537 g/mol. The third-order valence-corrected chi connectivity index (χ3v) is 7.18. The molecule has 40 heavy (non-hydrogen) atoms. The van der Waals surface area contributed by atoms with Crippen LogP contribution in [0.15, 0.2) is 115 Å². The first-order valence-electron chi connectivity index (χ1n) is 14.0. The van der Waals surface area contributed by atoms with Crippen LogP contribution in [0.2, 0.25) is 0 Å². The zero-order chi connectivity index (χ0) is 28.2. The molecular formula is C35H37FN2O2. The Morgan fingerprint density at radius 1 is 0.775 bits per heavy atom. The summed E-state index contributed by atoms with van der Waals surface area (Å²) in [4.78, 5) is 29.6. The highest BCUT2D eigenvalue weighted by Gasteiger charge is 2.32. The predicted octanol–water partition coefficient (Wildman–Crippen LogP) is 6.90. The van der Waals surface area contributed by atoms with Gasteiger partial charge in [-0.3, -0.25) is 9.59 Å². The van der Waals surface area contributed by atoms with Gasteiger partial charge in [-0.1, -0.05) is 123 Å². The fraction of sp³-hybridized carbons (Fsp3) is 0.257. The molecule has 1 N–H and O–H groups in total. The van der Waals surface area contributed by atoms with Gasteiger partial charge in [-0.05, 0) is 29.2 Å². The molecule has 0 fully saturated rings. The minimum Gasteiger partial charge on any atom is -0.354 e. The molecule has 4 aromatic carbocycles. The van der Waals surface area contributed by atoms with Crippen molar-refractivity contribution in [2.24, 2.45) is 0 Å². The van der Waals surface area contributed by atoms with E-state index in [9.17, 15) is 14.0 Å². The summed E-state index contributed by atoms with van der Waals surface area (Å²) in [6.07, 6.45) is 2.27. The molecule has 4 nitrogen and oxygen atoms in total. The molecule has 0 bridgehead atoms. The summed E-state index contributed by atoms with van der Waals surface area (Å²) in [6, 6.07) is 35.2. The molecule has 206 valence electrons. The number of benzene rings is 4. The second-order valence-corrected chi connectivity index (χ2v) is 10.0. The van der Waals surface area contributed by atoms with E-state index in [-0.39, 0.29) is 30.7 Å². The molecule has 0 radical (unpaired) electrons. The van der Waals surface area contributed by atoms with E-state index >= 15 is 0 Å². The quantitative estimate of drug-likeness (QED) is 0.189. The van der Waals surface area contributed by atoms with E-state index in [0.717, 1.165) is 29.5 Å². The van der Waals surface area contributed by atoms with Crippen LogP contribution in [0.3, 0.4) is 0 Å². The monoisotopic (exact) mass is 536 g/mol. The molecule has 0 heterocycles. The van der Waals surface area contributed by atoms with Gasteiger partial charge in [0, 0.05) is 37.4 Å². The third-order valence-electron chi connectivity index (χ3n) is 7.18. The lowest BCUT2D eigenvalue weighted by atomic mass is 9.87. The maximum atomic E-state index is 14.9. The molecule has 0 aliphatic carbocycles. The van der Waals surface area contributed by atoms with Gasteiger partial charge in [-0.15, -0.1) is 0 Å². The molecule has 0 aliphatic heterocycles. The van der Waals surface area contributed by atoms with Crippen molar-refractivity contribution in [1.82, 2.24) is 10.2 Å². The molecule has 0 aliphatic rings. The van der Waals surface area contributed by atoms with Crippen LogP contribution < -0.4 is 5.32 Å². The van der Waals surface area contributed by atoms with Crippen molar-refractivity contribution in [3.05, 3.63) is 143 Å². The van der Waals surface area contributed by atoms with E-state index in [2.05, 4.69) is 12.2 Å². The van der Waals surface area contributed by atoms with E-state index < -0.39 is 11.9 Å². The first-order chi connectivity index (χ1) is 19.6. The SMILES string of the molecule is CCCCNC(=O)C(Cc1ccccc1)N(Cc1ccccc1F)C(=O)CC(c1ccccc1)c1ccccc1. The number of rotatable bonds is 13. The van der Waals surface area contributed by atoms with E-state index in [0.29, 0.717) is 18.5 Å². The molecule has 0 saturated heterocycles. The Hall–Kier alpha value is -4.25. The minimum absolute atomic E-state index is 0.000500. The Balaban J connectivity index is 1.72. The Labute approximate surface area is 236 Å². The van der Waals surface area contributed by atoms with Crippen molar-refractivity contribution in [3.8, 4) is 0 Å². The van der Waals surface area contributed by atoms with Crippen LogP contribution in [0.5, 0.6) is 0 Å². The van der Waals surface area contributed by atoms with Gasteiger partial charge in [-0.2, -0.15) is 0 Å². The van der Waals surface area contributed by atoms with Crippen molar-refractivity contribution >= 4 is 11.8 Å². The second kappa shape index (κ2) is 14.8. The smallest absolute Gasteiger partial charge is 0.243 e. The summed E-state index contributed by atoms with van der Waals surface area (Å²) in [5.74, 6) is -1.03. The number of halogens is 1. The van der Waals surface area contributed by atoms with Crippen LogP contribution >= 0.6 is 0 Å². The van der Waals surface area contributed by atoms with Gasteiger partial charge in [0.1, 0.15) is 11.9 Å². The maximum absolute atomic E-state index is 14.9. The van der Waals surface area contributed by atoms with E-state index in [1.807, 2.05) is 91.0 Å². The molecule has 0 spiro atoms. The van der Waals surface area contributed by atoms with Crippen molar-refractivity contribution in [2.45, 2.75) is 51.1 Å². The van der Waals surface area contributed by atoms with E-state index in [1.54, 1.807) is 23.1 Å². The fourth-order valence-corrected chi connectivity index (χ4v) is 4.96. The minimum atomic E-state index is -0.793. The lowest BCUT2D eigenvalue weighted by Gasteiger charge is -2.33. The standard InChI is InChI=1S/C35H37FN2O2/c1-2-3-23-37-35(40)33(24-27-15-7-4-8-16-27)38(26-30-21-13-14-22-32(30)36)34(39)25-31(28-17-9-5-10-18-28)29-19-11-6-12-20-29/h4-22,31,33H,2-3,23-26H2,1H3,(H,37,40). The zero-order valence-electron chi connectivity index (χ0n) is 23.0. The second-order valence-electron chi connectivity index (χ2n) is 10.0. The highest BCUT2D eigenvalue weighted by Crippen LogP contribution is 2.30. The maximum Gasteiger partial charge on any atom is 0.243 e.